The Morgan fingerprint density at radius 2 is 1.88 bits per heavy atom. The maximum Gasteiger partial charge on any atom is 0.214 e. The molecule has 0 N–H and O–H groups in total. The first kappa shape index (κ1) is 12.5. The van der Waals surface area contributed by atoms with E-state index in [9.17, 15) is 8.42 Å². The van der Waals surface area contributed by atoms with Gasteiger partial charge in [-0.25, -0.2) is 8.42 Å². The van der Waals surface area contributed by atoms with Gasteiger partial charge in [-0.2, -0.15) is 4.31 Å². The lowest BCUT2D eigenvalue weighted by molar-refractivity contribution is -0.0142. The van der Waals surface area contributed by atoms with E-state index in [-0.39, 0.29) is 6.04 Å². The SMILES string of the molecule is CCOC1c2ccccc2C(C)N1S(C)(=O)=O. The van der Waals surface area contributed by atoms with Crippen LogP contribution in [-0.2, 0) is 14.8 Å². The number of nitrogens with zero attached hydrogens (tertiary/aromatic N) is 1. The third-order valence-electron chi connectivity index (χ3n) is 3.03. The van der Waals surface area contributed by atoms with Crippen LogP contribution in [0.5, 0.6) is 0 Å². The lowest BCUT2D eigenvalue weighted by Gasteiger charge is -2.25. The zero-order valence-electron chi connectivity index (χ0n) is 10.3. The van der Waals surface area contributed by atoms with E-state index in [1.54, 1.807) is 0 Å². The van der Waals surface area contributed by atoms with Gasteiger partial charge in [0, 0.05) is 12.2 Å². The second kappa shape index (κ2) is 4.40. The number of benzene rings is 1. The highest BCUT2D eigenvalue weighted by Gasteiger charge is 2.41. The molecule has 0 spiro atoms. The Bertz CT molecular complexity index is 512. The van der Waals surface area contributed by atoms with Crippen molar-refractivity contribution < 1.29 is 13.2 Å². The van der Waals surface area contributed by atoms with Crippen molar-refractivity contribution in [3.63, 3.8) is 0 Å². The minimum atomic E-state index is -3.28. The Morgan fingerprint density at radius 1 is 1.29 bits per heavy atom. The molecule has 94 valence electrons. The molecule has 0 saturated carbocycles. The van der Waals surface area contributed by atoms with Crippen molar-refractivity contribution in [1.82, 2.24) is 4.31 Å². The molecule has 0 amide bonds. The topological polar surface area (TPSA) is 46.6 Å². The van der Waals surface area contributed by atoms with Crippen LogP contribution in [0.15, 0.2) is 24.3 Å². The number of fused-ring (bicyclic) bond motifs is 1. The summed E-state index contributed by atoms with van der Waals surface area (Å²) in [6, 6.07) is 7.54. The summed E-state index contributed by atoms with van der Waals surface area (Å²) in [7, 11) is -3.28. The van der Waals surface area contributed by atoms with Gasteiger partial charge in [-0.05, 0) is 19.4 Å². The summed E-state index contributed by atoms with van der Waals surface area (Å²) < 4.78 is 30.7. The van der Waals surface area contributed by atoms with Crippen LogP contribution in [0.1, 0.15) is 37.2 Å². The third kappa shape index (κ3) is 2.10. The standard InChI is InChI=1S/C12H17NO3S/c1-4-16-12-11-8-6-5-7-10(11)9(2)13(12)17(3,14)15/h5-9,12H,4H2,1-3H3. The summed E-state index contributed by atoms with van der Waals surface area (Å²) >= 11 is 0. The van der Waals surface area contributed by atoms with E-state index < -0.39 is 16.3 Å². The Kier molecular flexibility index (Phi) is 3.25. The molecule has 0 radical (unpaired) electrons. The maximum absolute atomic E-state index is 11.8. The highest BCUT2D eigenvalue weighted by Crippen LogP contribution is 2.43. The van der Waals surface area contributed by atoms with Crippen molar-refractivity contribution in [2.45, 2.75) is 26.1 Å². The van der Waals surface area contributed by atoms with Crippen molar-refractivity contribution in [3.8, 4) is 0 Å². The van der Waals surface area contributed by atoms with E-state index in [0.29, 0.717) is 6.61 Å². The fourth-order valence-electron chi connectivity index (χ4n) is 2.38. The first-order valence-electron chi connectivity index (χ1n) is 5.65. The molecule has 2 unspecified atom stereocenters. The van der Waals surface area contributed by atoms with E-state index in [4.69, 9.17) is 4.74 Å². The highest BCUT2D eigenvalue weighted by atomic mass is 32.2. The molecule has 5 heteroatoms. The van der Waals surface area contributed by atoms with Gasteiger partial charge >= 0.3 is 0 Å². The maximum atomic E-state index is 11.8. The van der Waals surface area contributed by atoms with Crippen molar-refractivity contribution in [2.75, 3.05) is 12.9 Å². The molecule has 0 fully saturated rings. The quantitative estimate of drug-likeness (QED) is 0.830. The molecular formula is C12H17NO3S. The average Bonchev–Trinajstić information content (AvgIpc) is 2.53. The molecule has 17 heavy (non-hydrogen) atoms. The summed E-state index contributed by atoms with van der Waals surface area (Å²) in [5, 5.41) is 0. The average molecular weight is 255 g/mol. The number of hydrogen-bond acceptors (Lipinski definition) is 3. The fourth-order valence-corrected chi connectivity index (χ4v) is 3.59. The van der Waals surface area contributed by atoms with Crippen LogP contribution in [0, 0.1) is 0 Å². The summed E-state index contributed by atoms with van der Waals surface area (Å²) in [6.45, 7) is 4.24. The van der Waals surface area contributed by atoms with E-state index in [1.165, 1.54) is 10.6 Å². The number of rotatable bonds is 3. The molecule has 0 bridgehead atoms. The summed E-state index contributed by atoms with van der Waals surface area (Å²) in [4.78, 5) is 0. The lowest BCUT2D eigenvalue weighted by atomic mass is 10.1. The first-order chi connectivity index (χ1) is 7.96. The zero-order valence-corrected chi connectivity index (χ0v) is 11.1. The van der Waals surface area contributed by atoms with Crippen molar-refractivity contribution >= 4 is 10.0 Å². The minimum Gasteiger partial charge on any atom is -0.358 e. The van der Waals surface area contributed by atoms with Gasteiger partial charge in [-0.15, -0.1) is 0 Å². The fraction of sp³-hybridized carbons (Fsp3) is 0.500. The molecule has 1 heterocycles. The Hall–Kier alpha value is -0.910. The number of ether oxygens (including phenoxy) is 1. The number of sulfonamides is 1. The van der Waals surface area contributed by atoms with E-state index in [1.807, 2.05) is 38.1 Å². The van der Waals surface area contributed by atoms with Gasteiger partial charge in [-0.1, -0.05) is 24.3 Å². The summed E-state index contributed by atoms with van der Waals surface area (Å²) in [6.07, 6.45) is 0.739. The minimum absolute atomic E-state index is 0.169. The van der Waals surface area contributed by atoms with Crippen LogP contribution in [0.3, 0.4) is 0 Å². The molecule has 0 saturated heterocycles. The van der Waals surface area contributed by atoms with Gasteiger partial charge in [0.2, 0.25) is 10.0 Å². The van der Waals surface area contributed by atoms with E-state index in [2.05, 4.69) is 0 Å². The predicted octanol–water partition coefficient (Wildman–Crippen LogP) is 2.06. The van der Waals surface area contributed by atoms with Crippen LogP contribution in [0.2, 0.25) is 0 Å². The van der Waals surface area contributed by atoms with Gasteiger partial charge in [0.15, 0.2) is 6.23 Å². The summed E-state index contributed by atoms with van der Waals surface area (Å²) in [5.41, 5.74) is 1.98. The second-order valence-electron chi connectivity index (χ2n) is 4.21. The Balaban J connectivity index is 2.51. The van der Waals surface area contributed by atoms with Crippen LogP contribution in [-0.4, -0.2) is 25.6 Å². The van der Waals surface area contributed by atoms with Crippen LogP contribution < -0.4 is 0 Å². The Labute approximate surface area is 102 Å². The molecule has 2 atom stereocenters. The molecule has 0 aliphatic carbocycles. The van der Waals surface area contributed by atoms with Crippen LogP contribution in [0.25, 0.3) is 0 Å². The largest absolute Gasteiger partial charge is 0.358 e. The lowest BCUT2D eigenvalue weighted by Crippen LogP contribution is -2.32. The molecular weight excluding hydrogens is 238 g/mol. The van der Waals surface area contributed by atoms with Crippen LogP contribution >= 0.6 is 0 Å². The van der Waals surface area contributed by atoms with Crippen molar-refractivity contribution in [1.29, 1.82) is 0 Å². The molecule has 1 aromatic carbocycles. The molecule has 2 rings (SSSR count). The van der Waals surface area contributed by atoms with Crippen LogP contribution in [0.4, 0.5) is 0 Å². The first-order valence-corrected chi connectivity index (χ1v) is 7.50. The van der Waals surface area contributed by atoms with Crippen molar-refractivity contribution in [2.24, 2.45) is 0 Å². The monoisotopic (exact) mass is 255 g/mol. The van der Waals surface area contributed by atoms with Gasteiger partial charge in [0.25, 0.3) is 0 Å². The number of hydrogen-bond donors (Lipinski definition) is 0. The predicted molar refractivity (Wildman–Crippen MR) is 65.9 cm³/mol. The van der Waals surface area contributed by atoms with Gasteiger partial charge in [0.05, 0.1) is 12.3 Å². The second-order valence-corrected chi connectivity index (χ2v) is 6.09. The third-order valence-corrected chi connectivity index (χ3v) is 4.31. The van der Waals surface area contributed by atoms with Gasteiger partial charge < -0.3 is 4.74 Å². The molecule has 4 nitrogen and oxygen atoms in total. The molecule has 1 aliphatic rings. The van der Waals surface area contributed by atoms with Crippen molar-refractivity contribution in [3.05, 3.63) is 35.4 Å². The normalized spacial score (nSPS) is 24.9. The highest BCUT2D eigenvalue weighted by molar-refractivity contribution is 7.88. The van der Waals surface area contributed by atoms with E-state index >= 15 is 0 Å². The zero-order chi connectivity index (χ0) is 12.6. The molecule has 0 aromatic heterocycles. The molecule has 1 aliphatic heterocycles. The van der Waals surface area contributed by atoms with E-state index in [0.717, 1.165) is 11.1 Å². The summed E-state index contributed by atoms with van der Waals surface area (Å²) in [5.74, 6) is 0. The smallest absolute Gasteiger partial charge is 0.214 e. The Morgan fingerprint density at radius 3 is 2.41 bits per heavy atom. The van der Waals surface area contributed by atoms with Gasteiger partial charge in [0.1, 0.15) is 0 Å². The van der Waals surface area contributed by atoms with Gasteiger partial charge in [-0.3, -0.25) is 0 Å². The molecule has 1 aromatic rings.